The van der Waals surface area contributed by atoms with Crippen LogP contribution in [0.5, 0.6) is 0 Å². The first-order chi connectivity index (χ1) is 14.8. The molecule has 0 fully saturated rings. The quantitative estimate of drug-likeness (QED) is 0.389. The van der Waals surface area contributed by atoms with Crippen molar-refractivity contribution in [2.24, 2.45) is 0 Å². The van der Waals surface area contributed by atoms with Crippen molar-refractivity contribution in [3.05, 3.63) is 106 Å². The van der Waals surface area contributed by atoms with Crippen molar-refractivity contribution in [2.45, 2.75) is 13.0 Å². The second-order valence-corrected chi connectivity index (χ2v) is 7.99. The minimum absolute atomic E-state index is 0.0196. The Balaban J connectivity index is 1.56. The Labute approximate surface area is 178 Å². The molecule has 0 aliphatic carbocycles. The third kappa shape index (κ3) is 3.55. The number of benzene rings is 2. The van der Waals surface area contributed by atoms with Crippen LogP contribution in [0.3, 0.4) is 0 Å². The van der Waals surface area contributed by atoms with Crippen LogP contribution in [-0.2, 0) is 13.0 Å². The lowest BCUT2D eigenvalue weighted by atomic mass is 10.0. The van der Waals surface area contributed by atoms with Gasteiger partial charge in [-0.25, -0.2) is 4.98 Å². The van der Waals surface area contributed by atoms with Crippen molar-refractivity contribution in [1.29, 1.82) is 0 Å². The van der Waals surface area contributed by atoms with E-state index in [9.17, 15) is 4.79 Å². The van der Waals surface area contributed by atoms with Gasteiger partial charge in [0.2, 0.25) is 0 Å². The highest BCUT2D eigenvalue weighted by Gasteiger charge is 2.14. The predicted molar refractivity (Wildman–Crippen MR) is 123 cm³/mol. The maximum atomic E-state index is 13.2. The Morgan fingerprint density at radius 3 is 2.27 bits per heavy atom. The largest absolute Gasteiger partial charge is 0.291 e. The average Bonchev–Trinajstić information content (AvgIpc) is 3.29. The summed E-state index contributed by atoms with van der Waals surface area (Å²) in [7, 11) is 0. The zero-order valence-corrected chi connectivity index (χ0v) is 17.0. The van der Waals surface area contributed by atoms with Gasteiger partial charge in [0.1, 0.15) is 10.5 Å². The minimum atomic E-state index is 0.0196. The van der Waals surface area contributed by atoms with Gasteiger partial charge < -0.3 is 0 Å². The van der Waals surface area contributed by atoms with Gasteiger partial charge in [-0.2, -0.15) is 0 Å². The first-order valence-corrected chi connectivity index (χ1v) is 10.7. The Kier molecular flexibility index (Phi) is 4.95. The summed E-state index contributed by atoms with van der Waals surface area (Å²) in [4.78, 5) is 22.1. The van der Waals surface area contributed by atoms with E-state index in [1.165, 1.54) is 16.9 Å². The molecule has 30 heavy (non-hydrogen) atoms. The number of hydrogen-bond donors (Lipinski definition) is 0. The van der Waals surface area contributed by atoms with E-state index >= 15 is 0 Å². The summed E-state index contributed by atoms with van der Waals surface area (Å²) in [6.07, 6.45) is 4.31. The van der Waals surface area contributed by atoms with Crippen LogP contribution in [0.15, 0.2) is 95.4 Å². The lowest BCUT2D eigenvalue weighted by molar-refractivity contribution is 0.672. The molecule has 0 aliphatic heterocycles. The third-order valence-electron chi connectivity index (χ3n) is 5.19. The molecule has 0 N–H and O–H groups in total. The lowest BCUT2D eigenvalue weighted by Crippen LogP contribution is -2.23. The highest BCUT2D eigenvalue weighted by molar-refractivity contribution is 7.17. The summed E-state index contributed by atoms with van der Waals surface area (Å²) < 4.78 is 2.51. The molecule has 0 radical (unpaired) electrons. The SMILES string of the molecule is O=c1c2sccc2nc(-c2ccc(-c3ccccc3)cc2)n1CCc1ccncc1. The summed E-state index contributed by atoms with van der Waals surface area (Å²) in [5.41, 5.74) is 5.17. The summed E-state index contributed by atoms with van der Waals surface area (Å²) in [5.74, 6) is 0.708. The van der Waals surface area contributed by atoms with Gasteiger partial charge in [-0.3, -0.25) is 14.3 Å². The van der Waals surface area contributed by atoms with Crippen molar-refractivity contribution < 1.29 is 0 Å². The fraction of sp³-hybridized carbons (Fsp3) is 0.0800. The van der Waals surface area contributed by atoms with E-state index < -0.39 is 0 Å². The third-order valence-corrected chi connectivity index (χ3v) is 6.08. The number of hydrogen-bond acceptors (Lipinski definition) is 4. The molecule has 0 bridgehead atoms. The lowest BCUT2D eigenvalue weighted by Gasteiger charge is -2.13. The van der Waals surface area contributed by atoms with E-state index in [0.717, 1.165) is 28.6 Å². The van der Waals surface area contributed by atoms with Crippen LogP contribution >= 0.6 is 11.3 Å². The van der Waals surface area contributed by atoms with E-state index in [2.05, 4.69) is 29.2 Å². The number of fused-ring (bicyclic) bond motifs is 1. The molecule has 146 valence electrons. The highest BCUT2D eigenvalue weighted by atomic mass is 32.1. The highest BCUT2D eigenvalue weighted by Crippen LogP contribution is 2.25. The van der Waals surface area contributed by atoms with Gasteiger partial charge >= 0.3 is 0 Å². The van der Waals surface area contributed by atoms with Crippen molar-refractivity contribution in [3.63, 3.8) is 0 Å². The maximum Gasteiger partial charge on any atom is 0.271 e. The average molecular weight is 410 g/mol. The van der Waals surface area contributed by atoms with E-state index in [0.29, 0.717) is 17.1 Å². The van der Waals surface area contributed by atoms with Crippen molar-refractivity contribution in [3.8, 4) is 22.5 Å². The number of pyridine rings is 1. The zero-order chi connectivity index (χ0) is 20.3. The molecule has 2 aromatic carbocycles. The molecule has 4 nitrogen and oxygen atoms in total. The van der Waals surface area contributed by atoms with Gasteiger partial charge in [0.05, 0.1) is 5.52 Å². The molecule has 0 amide bonds. The fourth-order valence-electron chi connectivity index (χ4n) is 3.60. The molecule has 5 heteroatoms. The number of nitrogens with zero attached hydrogens (tertiary/aromatic N) is 3. The van der Waals surface area contributed by atoms with Crippen molar-refractivity contribution in [2.75, 3.05) is 0 Å². The standard InChI is InChI=1S/C25H19N3OS/c29-25-23-22(13-17-30-23)27-24(28(25)16-12-18-10-14-26-15-11-18)21-8-6-20(7-9-21)19-4-2-1-3-5-19/h1-11,13-15,17H,12,16H2. The van der Waals surface area contributed by atoms with Crippen LogP contribution in [-0.4, -0.2) is 14.5 Å². The molecule has 5 rings (SSSR count). The molecule has 3 aromatic heterocycles. The van der Waals surface area contributed by atoms with Crippen LogP contribution in [0, 0.1) is 0 Å². The van der Waals surface area contributed by atoms with Gasteiger partial charge in [-0.1, -0.05) is 54.6 Å². The number of aryl methyl sites for hydroxylation is 1. The van der Waals surface area contributed by atoms with Crippen LogP contribution in [0.25, 0.3) is 32.7 Å². The Bertz CT molecular complexity index is 1340. The molecule has 3 heterocycles. The number of aromatic nitrogens is 3. The van der Waals surface area contributed by atoms with Crippen molar-refractivity contribution in [1.82, 2.24) is 14.5 Å². The van der Waals surface area contributed by atoms with E-state index in [1.54, 1.807) is 17.0 Å². The zero-order valence-electron chi connectivity index (χ0n) is 16.2. The number of rotatable bonds is 5. The summed E-state index contributed by atoms with van der Waals surface area (Å²) in [6, 6.07) is 24.4. The first-order valence-electron chi connectivity index (χ1n) is 9.82. The van der Waals surface area contributed by atoms with Gasteiger partial charge in [-0.05, 0) is 46.7 Å². The smallest absolute Gasteiger partial charge is 0.271 e. The molecular formula is C25H19N3OS. The van der Waals surface area contributed by atoms with Gasteiger partial charge in [0.15, 0.2) is 0 Å². The molecule has 0 aliphatic rings. The normalized spacial score (nSPS) is 11.1. The number of thiophene rings is 1. The first kappa shape index (κ1) is 18.5. The van der Waals surface area contributed by atoms with Gasteiger partial charge in [-0.15, -0.1) is 11.3 Å². The summed E-state index contributed by atoms with van der Waals surface area (Å²) in [6.45, 7) is 0.569. The Morgan fingerprint density at radius 1 is 0.800 bits per heavy atom. The Hall–Kier alpha value is -3.57. The minimum Gasteiger partial charge on any atom is -0.291 e. The monoisotopic (exact) mass is 409 g/mol. The van der Waals surface area contributed by atoms with E-state index in [-0.39, 0.29) is 5.56 Å². The fourth-order valence-corrected chi connectivity index (χ4v) is 4.38. The maximum absolute atomic E-state index is 13.2. The predicted octanol–water partition coefficient (Wildman–Crippen LogP) is 5.43. The molecule has 0 atom stereocenters. The molecule has 0 unspecified atom stereocenters. The molecule has 5 aromatic rings. The van der Waals surface area contributed by atoms with Crippen LogP contribution in [0.4, 0.5) is 0 Å². The van der Waals surface area contributed by atoms with Crippen LogP contribution in [0.2, 0.25) is 0 Å². The van der Waals surface area contributed by atoms with Crippen LogP contribution < -0.4 is 5.56 Å². The van der Waals surface area contributed by atoms with Crippen molar-refractivity contribution >= 4 is 21.6 Å². The van der Waals surface area contributed by atoms with E-state index in [1.807, 2.05) is 53.9 Å². The molecule has 0 spiro atoms. The van der Waals surface area contributed by atoms with Gasteiger partial charge in [0, 0.05) is 24.5 Å². The second-order valence-electron chi connectivity index (χ2n) is 7.08. The summed E-state index contributed by atoms with van der Waals surface area (Å²) in [5, 5.41) is 1.93. The topological polar surface area (TPSA) is 47.8 Å². The van der Waals surface area contributed by atoms with E-state index in [4.69, 9.17) is 4.98 Å². The molecular weight excluding hydrogens is 390 g/mol. The molecule has 0 saturated carbocycles. The summed E-state index contributed by atoms with van der Waals surface area (Å²) >= 11 is 1.45. The van der Waals surface area contributed by atoms with Gasteiger partial charge in [0.25, 0.3) is 5.56 Å². The Morgan fingerprint density at radius 2 is 1.50 bits per heavy atom. The second kappa shape index (κ2) is 8.05. The van der Waals surface area contributed by atoms with Crippen LogP contribution in [0.1, 0.15) is 5.56 Å². The molecule has 0 saturated heterocycles.